The van der Waals surface area contributed by atoms with Crippen molar-refractivity contribution in [1.29, 1.82) is 0 Å². The van der Waals surface area contributed by atoms with Gasteiger partial charge in [0.1, 0.15) is 11.6 Å². The Hall–Kier alpha value is -1.75. The predicted molar refractivity (Wildman–Crippen MR) is 78.4 cm³/mol. The van der Waals surface area contributed by atoms with Crippen LogP contribution in [0.25, 0.3) is 0 Å². The van der Waals surface area contributed by atoms with E-state index in [-0.39, 0.29) is 12.2 Å². The van der Waals surface area contributed by atoms with Crippen LogP contribution in [0, 0.1) is 11.6 Å². The van der Waals surface area contributed by atoms with Gasteiger partial charge in [-0.1, -0.05) is 6.07 Å². The summed E-state index contributed by atoms with van der Waals surface area (Å²) in [7, 11) is 0. The molecule has 0 fully saturated rings. The molecule has 0 saturated heterocycles. The van der Waals surface area contributed by atoms with Crippen LogP contribution in [-0.4, -0.2) is 12.6 Å². The van der Waals surface area contributed by atoms with Gasteiger partial charge in [0.05, 0.1) is 12.0 Å². The van der Waals surface area contributed by atoms with Gasteiger partial charge in [-0.2, -0.15) is 0 Å². The topological polar surface area (TPSA) is 26.3 Å². The molecule has 0 aliphatic rings. The van der Waals surface area contributed by atoms with E-state index in [9.17, 15) is 13.6 Å². The summed E-state index contributed by atoms with van der Waals surface area (Å²) >= 11 is 1.49. The molecular weight excluding hydrogens is 294 g/mol. The standard InChI is InChI=1S/C16H16F2O2S/c1-3-20-15(19)16(2,10-14-5-4-6-21-14)11-7-12(17)9-13(18)8-11/h4-9H,3,10H2,1-2H3. The average molecular weight is 310 g/mol. The molecule has 0 aliphatic heterocycles. The molecule has 5 heteroatoms. The van der Waals surface area contributed by atoms with Gasteiger partial charge in [0, 0.05) is 17.4 Å². The van der Waals surface area contributed by atoms with Crippen molar-refractivity contribution in [3.63, 3.8) is 0 Å². The zero-order chi connectivity index (χ0) is 15.5. The minimum Gasteiger partial charge on any atom is -0.465 e. The predicted octanol–water partition coefficient (Wildman–Crippen LogP) is 4.09. The lowest BCUT2D eigenvalue weighted by Gasteiger charge is -2.27. The third-order valence-electron chi connectivity index (χ3n) is 3.33. The summed E-state index contributed by atoms with van der Waals surface area (Å²) in [5.74, 6) is -1.89. The normalized spacial score (nSPS) is 13.7. The van der Waals surface area contributed by atoms with Crippen LogP contribution in [0.2, 0.25) is 0 Å². The molecule has 21 heavy (non-hydrogen) atoms. The van der Waals surface area contributed by atoms with Crippen molar-refractivity contribution in [3.05, 3.63) is 57.8 Å². The molecule has 0 saturated carbocycles. The maximum atomic E-state index is 13.5. The number of hydrogen-bond donors (Lipinski definition) is 0. The second kappa shape index (κ2) is 6.35. The smallest absolute Gasteiger partial charge is 0.316 e. The molecule has 2 aromatic rings. The Bertz CT molecular complexity index is 605. The largest absolute Gasteiger partial charge is 0.465 e. The van der Waals surface area contributed by atoms with Crippen molar-refractivity contribution in [2.75, 3.05) is 6.61 Å². The fourth-order valence-electron chi connectivity index (χ4n) is 2.22. The molecule has 0 radical (unpaired) electrons. The number of hydrogen-bond acceptors (Lipinski definition) is 3. The molecular formula is C16H16F2O2S. The number of ether oxygens (including phenoxy) is 1. The van der Waals surface area contributed by atoms with Gasteiger partial charge < -0.3 is 4.74 Å². The molecule has 0 N–H and O–H groups in total. The number of thiophene rings is 1. The molecule has 1 aromatic carbocycles. The molecule has 0 aliphatic carbocycles. The number of halogens is 2. The molecule has 112 valence electrons. The van der Waals surface area contributed by atoms with Crippen molar-refractivity contribution in [1.82, 2.24) is 0 Å². The number of rotatable bonds is 5. The van der Waals surface area contributed by atoms with E-state index in [2.05, 4.69) is 0 Å². The van der Waals surface area contributed by atoms with Crippen molar-refractivity contribution in [2.24, 2.45) is 0 Å². The summed E-state index contributed by atoms with van der Waals surface area (Å²) in [5.41, 5.74) is -0.837. The van der Waals surface area contributed by atoms with Crippen LogP contribution in [0.1, 0.15) is 24.3 Å². The summed E-state index contributed by atoms with van der Waals surface area (Å²) in [6, 6.07) is 6.93. The fraction of sp³-hybridized carbons (Fsp3) is 0.312. The Balaban J connectivity index is 2.46. The first-order valence-electron chi connectivity index (χ1n) is 6.62. The van der Waals surface area contributed by atoms with Gasteiger partial charge in [0.25, 0.3) is 0 Å². The summed E-state index contributed by atoms with van der Waals surface area (Å²) < 4.78 is 32.1. The molecule has 1 unspecified atom stereocenters. The number of esters is 1. The Labute approximate surface area is 126 Å². The van der Waals surface area contributed by atoms with Crippen molar-refractivity contribution in [2.45, 2.75) is 25.7 Å². The number of carbonyl (C=O) groups is 1. The van der Waals surface area contributed by atoms with E-state index in [0.29, 0.717) is 6.42 Å². The summed E-state index contributed by atoms with van der Waals surface area (Å²) in [6.07, 6.45) is 0.340. The molecule has 0 spiro atoms. The lowest BCUT2D eigenvalue weighted by Crippen LogP contribution is -2.36. The van der Waals surface area contributed by atoms with Gasteiger partial charge in [0.15, 0.2) is 0 Å². The van der Waals surface area contributed by atoms with E-state index in [1.54, 1.807) is 13.8 Å². The van der Waals surface area contributed by atoms with E-state index in [1.807, 2.05) is 17.5 Å². The van der Waals surface area contributed by atoms with Gasteiger partial charge in [-0.15, -0.1) is 11.3 Å². The second-order valence-electron chi connectivity index (χ2n) is 4.97. The molecule has 1 aromatic heterocycles. The lowest BCUT2D eigenvalue weighted by atomic mass is 9.79. The van der Waals surface area contributed by atoms with Crippen LogP contribution in [-0.2, 0) is 21.4 Å². The summed E-state index contributed by atoms with van der Waals surface area (Å²) in [4.78, 5) is 13.3. The molecule has 1 heterocycles. The summed E-state index contributed by atoms with van der Waals surface area (Å²) in [6.45, 7) is 3.57. The first-order valence-corrected chi connectivity index (χ1v) is 7.50. The van der Waals surface area contributed by atoms with Crippen molar-refractivity contribution >= 4 is 17.3 Å². The highest BCUT2D eigenvalue weighted by Gasteiger charge is 2.38. The first-order chi connectivity index (χ1) is 9.95. The molecule has 2 nitrogen and oxygen atoms in total. The van der Waals surface area contributed by atoms with E-state index >= 15 is 0 Å². The van der Waals surface area contributed by atoms with Crippen LogP contribution in [0.5, 0.6) is 0 Å². The van der Waals surface area contributed by atoms with E-state index in [0.717, 1.165) is 10.9 Å². The van der Waals surface area contributed by atoms with E-state index < -0.39 is 23.0 Å². The van der Waals surface area contributed by atoms with E-state index in [4.69, 9.17) is 4.74 Å². The highest BCUT2D eigenvalue weighted by atomic mass is 32.1. The highest BCUT2D eigenvalue weighted by molar-refractivity contribution is 7.09. The maximum Gasteiger partial charge on any atom is 0.316 e. The third kappa shape index (κ3) is 3.47. The van der Waals surface area contributed by atoms with Gasteiger partial charge in [-0.05, 0) is 43.0 Å². The molecule has 2 rings (SSSR count). The Morgan fingerprint density at radius 3 is 2.48 bits per heavy atom. The lowest BCUT2D eigenvalue weighted by molar-refractivity contribution is -0.149. The Kier molecular flexibility index (Phi) is 4.73. The SMILES string of the molecule is CCOC(=O)C(C)(Cc1cccs1)c1cc(F)cc(F)c1. The molecule has 0 amide bonds. The third-order valence-corrected chi connectivity index (χ3v) is 4.21. The van der Waals surface area contributed by atoms with Gasteiger partial charge in [-0.3, -0.25) is 4.79 Å². The first kappa shape index (κ1) is 15.6. The van der Waals surface area contributed by atoms with Crippen molar-refractivity contribution in [3.8, 4) is 0 Å². The quantitative estimate of drug-likeness (QED) is 0.778. The van der Waals surface area contributed by atoms with Gasteiger partial charge in [0.2, 0.25) is 0 Å². The average Bonchev–Trinajstić information content (AvgIpc) is 2.90. The van der Waals surface area contributed by atoms with Crippen LogP contribution in [0.4, 0.5) is 8.78 Å². The zero-order valence-corrected chi connectivity index (χ0v) is 12.7. The summed E-state index contributed by atoms with van der Waals surface area (Å²) in [5, 5.41) is 1.90. The van der Waals surface area contributed by atoms with E-state index in [1.165, 1.54) is 23.5 Å². The zero-order valence-electron chi connectivity index (χ0n) is 11.9. The van der Waals surface area contributed by atoms with Gasteiger partial charge >= 0.3 is 5.97 Å². The number of carbonyl (C=O) groups excluding carboxylic acids is 1. The van der Waals surface area contributed by atoms with Crippen LogP contribution < -0.4 is 0 Å². The fourth-order valence-corrected chi connectivity index (χ4v) is 3.08. The van der Waals surface area contributed by atoms with Crippen LogP contribution >= 0.6 is 11.3 Å². The maximum absolute atomic E-state index is 13.5. The number of benzene rings is 1. The van der Waals surface area contributed by atoms with Crippen LogP contribution in [0.3, 0.4) is 0 Å². The monoisotopic (exact) mass is 310 g/mol. The molecule has 0 bridgehead atoms. The second-order valence-corrected chi connectivity index (χ2v) is 6.00. The minimum absolute atomic E-state index is 0.219. The van der Waals surface area contributed by atoms with Gasteiger partial charge in [-0.25, -0.2) is 8.78 Å². The molecule has 1 atom stereocenters. The Morgan fingerprint density at radius 1 is 1.29 bits per heavy atom. The minimum atomic E-state index is -1.12. The Morgan fingerprint density at radius 2 is 1.95 bits per heavy atom. The van der Waals surface area contributed by atoms with Crippen molar-refractivity contribution < 1.29 is 18.3 Å². The van der Waals surface area contributed by atoms with Crippen LogP contribution in [0.15, 0.2) is 35.7 Å². The highest BCUT2D eigenvalue weighted by Crippen LogP contribution is 2.32.